The molecule has 0 bridgehead atoms. The molecule has 1 aliphatic heterocycles. The minimum absolute atomic E-state index is 0.345. The fourth-order valence-electron chi connectivity index (χ4n) is 2.46. The van der Waals surface area contributed by atoms with Crippen molar-refractivity contribution in [3.8, 4) is 11.1 Å². The third kappa shape index (κ3) is 2.53. The summed E-state index contributed by atoms with van der Waals surface area (Å²) in [6.45, 7) is 1.54. The Morgan fingerprint density at radius 3 is 2.53 bits per heavy atom. The number of nitrogens with zero attached hydrogens (tertiary/aromatic N) is 1. The first kappa shape index (κ1) is 12.7. The number of halogens is 1. The molecule has 3 rings (SSSR count). The van der Waals surface area contributed by atoms with E-state index >= 15 is 0 Å². The lowest BCUT2D eigenvalue weighted by Crippen LogP contribution is -2.14. The zero-order valence-corrected chi connectivity index (χ0v) is 12.0. The van der Waals surface area contributed by atoms with Crippen LogP contribution in [0.2, 0.25) is 0 Å². The van der Waals surface area contributed by atoms with Crippen molar-refractivity contribution < 1.29 is 9.26 Å². The van der Waals surface area contributed by atoms with Crippen LogP contribution in [0, 0.1) is 0 Å². The molecule has 1 fully saturated rings. The largest absolute Gasteiger partial charge is 0.381 e. The van der Waals surface area contributed by atoms with E-state index in [1.54, 1.807) is 0 Å². The Labute approximate surface area is 120 Å². The summed E-state index contributed by atoms with van der Waals surface area (Å²) in [5.74, 6) is 1.70. The Balaban J connectivity index is 2.00. The van der Waals surface area contributed by atoms with Crippen LogP contribution in [0.3, 0.4) is 0 Å². The van der Waals surface area contributed by atoms with E-state index in [1.165, 1.54) is 0 Å². The average molecular weight is 323 g/mol. The molecule has 19 heavy (non-hydrogen) atoms. The van der Waals surface area contributed by atoms with E-state index in [0.717, 1.165) is 47.4 Å². The van der Waals surface area contributed by atoms with Gasteiger partial charge in [-0.3, -0.25) is 0 Å². The quantitative estimate of drug-likeness (QED) is 0.917. The van der Waals surface area contributed by atoms with E-state index < -0.39 is 0 Å². The van der Waals surface area contributed by atoms with Crippen molar-refractivity contribution in [2.75, 3.05) is 18.9 Å². The molecule has 1 aliphatic rings. The van der Waals surface area contributed by atoms with E-state index in [2.05, 4.69) is 21.1 Å². The number of nitrogens with two attached hydrogens (primary N) is 1. The van der Waals surface area contributed by atoms with Crippen molar-refractivity contribution >= 4 is 21.7 Å². The number of ether oxygens (including phenoxy) is 1. The average Bonchev–Trinajstić information content (AvgIpc) is 2.83. The molecule has 2 heterocycles. The van der Waals surface area contributed by atoms with Gasteiger partial charge in [0.25, 0.3) is 0 Å². The molecule has 1 aromatic heterocycles. The minimum atomic E-state index is 0.345. The smallest absolute Gasteiger partial charge is 0.175 e. The number of aromatic nitrogens is 1. The van der Waals surface area contributed by atoms with Gasteiger partial charge in [-0.2, -0.15) is 0 Å². The van der Waals surface area contributed by atoms with Crippen molar-refractivity contribution in [3.63, 3.8) is 0 Å². The summed E-state index contributed by atoms with van der Waals surface area (Å²) in [6.07, 6.45) is 1.91. The van der Waals surface area contributed by atoms with Crippen molar-refractivity contribution in [2.24, 2.45) is 0 Å². The van der Waals surface area contributed by atoms with Gasteiger partial charge in [-0.05, 0) is 30.5 Å². The monoisotopic (exact) mass is 322 g/mol. The highest BCUT2D eigenvalue weighted by Crippen LogP contribution is 2.38. The van der Waals surface area contributed by atoms with Crippen LogP contribution in [-0.4, -0.2) is 18.4 Å². The summed E-state index contributed by atoms with van der Waals surface area (Å²) in [5, 5.41) is 3.94. The summed E-state index contributed by atoms with van der Waals surface area (Å²) >= 11 is 3.44. The van der Waals surface area contributed by atoms with E-state index in [4.69, 9.17) is 15.0 Å². The van der Waals surface area contributed by atoms with Crippen molar-refractivity contribution in [3.05, 3.63) is 34.5 Å². The van der Waals surface area contributed by atoms with Gasteiger partial charge in [-0.15, -0.1) is 0 Å². The van der Waals surface area contributed by atoms with Gasteiger partial charge in [0.1, 0.15) is 5.76 Å². The normalized spacial score (nSPS) is 16.7. The maximum atomic E-state index is 5.97. The first-order valence-corrected chi connectivity index (χ1v) is 7.13. The molecule has 0 unspecified atom stereocenters. The number of rotatable bonds is 2. The Morgan fingerprint density at radius 2 is 1.84 bits per heavy atom. The molecule has 0 saturated carbocycles. The molecule has 2 N–H and O–H groups in total. The maximum absolute atomic E-state index is 5.97. The number of hydrogen-bond acceptors (Lipinski definition) is 4. The van der Waals surface area contributed by atoms with Crippen LogP contribution >= 0.6 is 15.9 Å². The summed E-state index contributed by atoms with van der Waals surface area (Å²) in [5.41, 5.74) is 7.95. The predicted molar refractivity (Wildman–Crippen MR) is 76.8 cm³/mol. The van der Waals surface area contributed by atoms with Gasteiger partial charge in [-0.1, -0.05) is 33.2 Å². The van der Waals surface area contributed by atoms with E-state index in [0.29, 0.717) is 11.7 Å². The van der Waals surface area contributed by atoms with Gasteiger partial charge in [-0.25, -0.2) is 0 Å². The highest BCUT2D eigenvalue weighted by molar-refractivity contribution is 9.10. The zero-order valence-electron chi connectivity index (χ0n) is 10.4. The van der Waals surface area contributed by atoms with E-state index in [-0.39, 0.29) is 0 Å². The van der Waals surface area contributed by atoms with Crippen LogP contribution < -0.4 is 5.73 Å². The molecule has 100 valence electrons. The highest BCUT2D eigenvalue weighted by atomic mass is 79.9. The van der Waals surface area contributed by atoms with Crippen LogP contribution in [0.4, 0.5) is 5.82 Å². The van der Waals surface area contributed by atoms with E-state index in [9.17, 15) is 0 Å². The number of benzene rings is 1. The molecule has 0 atom stereocenters. The van der Waals surface area contributed by atoms with Gasteiger partial charge in [0.15, 0.2) is 5.82 Å². The fraction of sp³-hybridized carbons (Fsp3) is 0.357. The zero-order chi connectivity index (χ0) is 13.2. The maximum Gasteiger partial charge on any atom is 0.175 e. The van der Waals surface area contributed by atoms with Crippen LogP contribution in [0.1, 0.15) is 24.5 Å². The first-order valence-electron chi connectivity index (χ1n) is 6.34. The highest BCUT2D eigenvalue weighted by Gasteiger charge is 2.26. The lowest BCUT2D eigenvalue weighted by Gasteiger charge is -2.20. The van der Waals surface area contributed by atoms with Gasteiger partial charge < -0.3 is 15.0 Å². The second-order valence-electron chi connectivity index (χ2n) is 4.70. The summed E-state index contributed by atoms with van der Waals surface area (Å²) in [4.78, 5) is 0. The first-order chi connectivity index (χ1) is 9.25. The summed E-state index contributed by atoms with van der Waals surface area (Å²) in [7, 11) is 0. The lowest BCUT2D eigenvalue weighted by molar-refractivity contribution is 0.0792. The standard InChI is InChI=1S/C14H15BrN2O2/c15-11-3-1-9(2-4-11)12-13(19-17-14(12)16)10-5-7-18-8-6-10/h1-4,10H,5-8H2,(H2,16,17). The van der Waals surface area contributed by atoms with Crippen LogP contribution in [0.25, 0.3) is 11.1 Å². The van der Waals surface area contributed by atoms with Gasteiger partial charge in [0.2, 0.25) is 0 Å². The van der Waals surface area contributed by atoms with Crippen LogP contribution in [-0.2, 0) is 4.74 Å². The number of hydrogen-bond donors (Lipinski definition) is 1. The molecular formula is C14H15BrN2O2. The second-order valence-corrected chi connectivity index (χ2v) is 5.62. The molecule has 0 aliphatic carbocycles. The van der Waals surface area contributed by atoms with Crippen LogP contribution in [0.15, 0.2) is 33.3 Å². The molecule has 1 aromatic carbocycles. The molecule has 0 spiro atoms. The Morgan fingerprint density at radius 1 is 1.16 bits per heavy atom. The third-order valence-electron chi connectivity index (χ3n) is 3.47. The molecule has 0 radical (unpaired) electrons. The Bertz CT molecular complexity index is 559. The van der Waals surface area contributed by atoms with Gasteiger partial charge in [0, 0.05) is 23.6 Å². The topological polar surface area (TPSA) is 61.3 Å². The van der Waals surface area contributed by atoms with Crippen molar-refractivity contribution in [1.29, 1.82) is 0 Å². The summed E-state index contributed by atoms with van der Waals surface area (Å²) < 4.78 is 11.9. The molecule has 1 saturated heterocycles. The number of anilines is 1. The van der Waals surface area contributed by atoms with Gasteiger partial charge >= 0.3 is 0 Å². The molecule has 0 amide bonds. The van der Waals surface area contributed by atoms with E-state index in [1.807, 2.05) is 24.3 Å². The molecular weight excluding hydrogens is 308 g/mol. The molecule has 5 heteroatoms. The Kier molecular flexibility index (Phi) is 3.57. The second kappa shape index (κ2) is 5.35. The minimum Gasteiger partial charge on any atom is -0.381 e. The lowest BCUT2D eigenvalue weighted by atomic mass is 9.92. The van der Waals surface area contributed by atoms with Crippen molar-refractivity contribution in [2.45, 2.75) is 18.8 Å². The Hall–Kier alpha value is -1.33. The SMILES string of the molecule is Nc1noc(C2CCOCC2)c1-c1ccc(Br)cc1. The predicted octanol–water partition coefficient (Wildman–Crippen LogP) is 3.58. The van der Waals surface area contributed by atoms with Crippen molar-refractivity contribution in [1.82, 2.24) is 5.16 Å². The fourth-order valence-corrected chi connectivity index (χ4v) is 2.73. The number of nitrogen functional groups attached to an aromatic ring is 1. The third-order valence-corrected chi connectivity index (χ3v) is 4.00. The van der Waals surface area contributed by atoms with Crippen LogP contribution in [0.5, 0.6) is 0 Å². The molecule has 4 nitrogen and oxygen atoms in total. The summed E-state index contributed by atoms with van der Waals surface area (Å²) in [6, 6.07) is 8.04. The van der Waals surface area contributed by atoms with Gasteiger partial charge in [0.05, 0.1) is 5.56 Å². The molecule has 2 aromatic rings.